The van der Waals surface area contributed by atoms with Crippen molar-refractivity contribution in [2.24, 2.45) is 5.73 Å². The number of ether oxygens (including phenoxy) is 1. The van der Waals surface area contributed by atoms with Crippen LogP contribution in [0.4, 0.5) is 4.79 Å². The molecule has 0 heterocycles. The third kappa shape index (κ3) is 5.66. The number of nitrogens with one attached hydrogen (secondary N) is 1. The SMILES string of the molecule is CCCC(COC)NC(N)=O. The molecule has 4 heteroatoms. The maximum atomic E-state index is 10.4. The second-order valence-corrected chi connectivity index (χ2v) is 2.45. The van der Waals surface area contributed by atoms with E-state index in [1.165, 1.54) is 0 Å². The molecule has 0 fully saturated rings. The number of methoxy groups -OCH3 is 1. The Morgan fingerprint density at radius 1 is 1.73 bits per heavy atom. The number of rotatable bonds is 5. The molecule has 0 aliphatic carbocycles. The van der Waals surface area contributed by atoms with Crippen LogP contribution in [0.5, 0.6) is 0 Å². The highest BCUT2D eigenvalue weighted by molar-refractivity contribution is 5.71. The van der Waals surface area contributed by atoms with Gasteiger partial charge in [0.15, 0.2) is 0 Å². The average molecular weight is 160 g/mol. The molecule has 0 rings (SSSR count). The Labute approximate surface area is 67.1 Å². The predicted octanol–water partition coefficient (Wildman–Crippen LogP) is 0.470. The first-order valence-corrected chi connectivity index (χ1v) is 3.75. The van der Waals surface area contributed by atoms with Crippen molar-refractivity contribution in [3.05, 3.63) is 0 Å². The van der Waals surface area contributed by atoms with Crippen molar-refractivity contribution in [1.29, 1.82) is 0 Å². The summed E-state index contributed by atoms with van der Waals surface area (Å²) in [6.45, 7) is 2.57. The van der Waals surface area contributed by atoms with Crippen molar-refractivity contribution < 1.29 is 9.53 Å². The van der Waals surface area contributed by atoms with Gasteiger partial charge in [-0.05, 0) is 6.42 Å². The summed E-state index contributed by atoms with van der Waals surface area (Å²) in [4.78, 5) is 10.4. The minimum atomic E-state index is -0.486. The van der Waals surface area contributed by atoms with Crippen LogP contribution >= 0.6 is 0 Å². The lowest BCUT2D eigenvalue weighted by molar-refractivity contribution is 0.163. The molecule has 0 aromatic carbocycles. The van der Waals surface area contributed by atoms with Crippen molar-refractivity contribution in [3.63, 3.8) is 0 Å². The lowest BCUT2D eigenvalue weighted by atomic mass is 10.2. The maximum Gasteiger partial charge on any atom is 0.312 e. The number of primary amides is 1. The van der Waals surface area contributed by atoms with Crippen molar-refractivity contribution >= 4 is 6.03 Å². The summed E-state index contributed by atoms with van der Waals surface area (Å²) in [5.74, 6) is 0. The molecule has 66 valence electrons. The number of amides is 2. The third-order valence-corrected chi connectivity index (χ3v) is 1.35. The van der Waals surface area contributed by atoms with Gasteiger partial charge in [-0.15, -0.1) is 0 Å². The Kier molecular flexibility index (Phi) is 5.56. The maximum absolute atomic E-state index is 10.4. The standard InChI is InChI=1S/C7H16N2O2/c1-3-4-6(5-11-2)9-7(8)10/h6H,3-5H2,1-2H3,(H3,8,9,10). The number of hydrogen-bond donors (Lipinski definition) is 2. The minimum absolute atomic E-state index is 0.0579. The fraction of sp³-hybridized carbons (Fsp3) is 0.857. The van der Waals surface area contributed by atoms with Crippen molar-refractivity contribution in [2.75, 3.05) is 13.7 Å². The van der Waals surface area contributed by atoms with E-state index >= 15 is 0 Å². The monoisotopic (exact) mass is 160 g/mol. The van der Waals surface area contributed by atoms with E-state index in [1.54, 1.807) is 7.11 Å². The predicted molar refractivity (Wildman–Crippen MR) is 43.3 cm³/mol. The topological polar surface area (TPSA) is 64.3 Å². The van der Waals surface area contributed by atoms with Gasteiger partial charge in [0, 0.05) is 7.11 Å². The largest absolute Gasteiger partial charge is 0.383 e. The zero-order valence-electron chi connectivity index (χ0n) is 7.09. The van der Waals surface area contributed by atoms with E-state index in [-0.39, 0.29) is 6.04 Å². The van der Waals surface area contributed by atoms with Crippen LogP contribution in [-0.2, 0) is 4.74 Å². The van der Waals surface area contributed by atoms with E-state index in [4.69, 9.17) is 10.5 Å². The number of hydrogen-bond acceptors (Lipinski definition) is 2. The van der Waals surface area contributed by atoms with Crippen LogP contribution in [0, 0.1) is 0 Å². The molecule has 0 bridgehead atoms. The normalized spacial score (nSPS) is 12.5. The van der Waals surface area contributed by atoms with Crippen LogP contribution < -0.4 is 11.1 Å². The van der Waals surface area contributed by atoms with Gasteiger partial charge in [-0.25, -0.2) is 4.79 Å². The van der Waals surface area contributed by atoms with Crippen LogP contribution in [0.25, 0.3) is 0 Å². The number of nitrogens with two attached hydrogens (primary N) is 1. The lowest BCUT2D eigenvalue weighted by Crippen LogP contribution is -2.41. The quantitative estimate of drug-likeness (QED) is 0.614. The molecule has 0 radical (unpaired) electrons. The molecule has 0 aromatic heterocycles. The van der Waals surface area contributed by atoms with Gasteiger partial charge in [-0.2, -0.15) is 0 Å². The van der Waals surface area contributed by atoms with Crippen LogP contribution in [0.1, 0.15) is 19.8 Å². The number of carbonyl (C=O) groups excluding carboxylic acids is 1. The first-order valence-electron chi connectivity index (χ1n) is 3.75. The zero-order valence-corrected chi connectivity index (χ0v) is 7.09. The van der Waals surface area contributed by atoms with E-state index in [9.17, 15) is 4.79 Å². The fourth-order valence-electron chi connectivity index (χ4n) is 0.948. The summed E-state index contributed by atoms with van der Waals surface area (Å²) in [6.07, 6.45) is 1.91. The Balaban J connectivity index is 3.59. The minimum Gasteiger partial charge on any atom is -0.383 e. The summed E-state index contributed by atoms with van der Waals surface area (Å²) in [5, 5.41) is 2.60. The Morgan fingerprint density at radius 3 is 2.73 bits per heavy atom. The summed E-state index contributed by atoms with van der Waals surface area (Å²) < 4.78 is 4.89. The van der Waals surface area contributed by atoms with Gasteiger partial charge in [0.1, 0.15) is 0 Å². The Hall–Kier alpha value is -0.770. The van der Waals surface area contributed by atoms with E-state index < -0.39 is 6.03 Å². The van der Waals surface area contributed by atoms with Gasteiger partial charge in [-0.3, -0.25) is 0 Å². The van der Waals surface area contributed by atoms with E-state index in [2.05, 4.69) is 5.32 Å². The first-order chi connectivity index (χ1) is 5.20. The smallest absolute Gasteiger partial charge is 0.312 e. The molecule has 0 spiro atoms. The van der Waals surface area contributed by atoms with Crippen molar-refractivity contribution in [1.82, 2.24) is 5.32 Å². The van der Waals surface area contributed by atoms with Gasteiger partial charge in [0.25, 0.3) is 0 Å². The first kappa shape index (κ1) is 10.2. The molecule has 0 aliphatic heterocycles. The molecule has 0 saturated heterocycles. The highest BCUT2D eigenvalue weighted by atomic mass is 16.5. The molecule has 0 saturated carbocycles. The van der Waals surface area contributed by atoms with Crippen LogP contribution in [-0.4, -0.2) is 25.8 Å². The Morgan fingerprint density at radius 2 is 2.36 bits per heavy atom. The second kappa shape index (κ2) is 5.97. The van der Waals surface area contributed by atoms with Crippen LogP contribution in [0.2, 0.25) is 0 Å². The van der Waals surface area contributed by atoms with Gasteiger partial charge >= 0.3 is 6.03 Å². The van der Waals surface area contributed by atoms with Crippen LogP contribution in [0.15, 0.2) is 0 Å². The van der Waals surface area contributed by atoms with Crippen LogP contribution in [0.3, 0.4) is 0 Å². The molecular formula is C7H16N2O2. The summed E-state index contributed by atoms with van der Waals surface area (Å²) in [5.41, 5.74) is 4.95. The van der Waals surface area contributed by atoms with Gasteiger partial charge in [0.05, 0.1) is 12.6 Å². The van der Waals surface area contributed by atoms with Gasteiger partial charge in [-0.1, -0.05) is 13.3 Å². The lowest BCUT2D eigenvalue weighted by Gasteiger charge is -2.14. The molecule has 11 heavy (non-hydrogen) atoms. The van der Waals surface area contributed by atoms with Gasteiger partial charge < -0.3 is 15.8 Å². The van der Waals surface area contributed by atoms with Gasteiger partial charge in [0.2, 0.25) is 0 Å². The van der Waals surface area contributed by atoms with E-state index in [1.807, 2.05) is 6.92 Å². The molecule has 3 N–H and O–H groups in total. The van der Waals surface area contributed by atoms with E-state index in [0.29, 0.717) is 6.61 Å². The molecule has 0 aromatic rings. The fourth-order valence-corrected chi connectivity index (χ4v) is 0.948. The van der Waals surface area contributed by atoms with Crippen molar-refractivity contribution in [3.8, 4) is 0 Å². The highest BCUT2D eigenvalue weighted by Crippen LogP contribution is 1.95. The third-order valence-electron chi connectivity index (χ3n) is 1.35. The number of urea groups is 1. The molecule has 1 unspecified atom stereocenters. The summed E-state index contributed by atoms with van der Waals surface area (Å²) in [7, 11) is 1.60. The molecule has 0 aliphatic rings. The molecule has 1 atom stereocenters. The molecule has 4 nitrogen and oxygen atoms in total. The highest BCUT2D eigenvalue weighted by Gasteiger charge is 2.07. The summed E-state index contributed by atoms with van der Waals surface area (Å²) >= 11 is 0. The molecular weight excluding hydrogens is 144 g/mol. The average Bonchev–Trinajstić information content (AvgIpc) is 1.87. The number of carbonyl (C=O) groups is 1. The molecule has 2 amide bonds. The zero-order chi connectivity index (χ0) is 8.69. The van der Waals surface area contributed by atoms with E-state index in [0.717, 1.165) is 12.8 Å². The van der Waals surface area contributed by atoms with Crippen molar-refractivity contribution in [2.45, 2.75) is 25.8 Å². The summed E-state index contributed by atoms with van der Waals surface area (Å²) in [6, 6.07) is -0.428. The second-order valence-electron chi connectivity index (χ2n) is 2.45. The Bertz CT molecular complexity index is 111.